The SMILES string of the molecule is CC(C)(NC(=O)Nc1ccc2c(c1)CCC2)c1cccc(C(C)(C)NC(=O)Nc2ccc3c(c2)CCC3)c1. The highest BCUT2D eigenvalue weighted by molar-refractivity contribution is 5.90. The molecular weight excluding hydrogens is 472 g/mol. The number of amides is 4. The molecule has 38 heavy (non-hydrogen) atoms. The Hall–Kier alpha value is -3.80. The van der Waals surface area contributed by atoms with Crippen molar-refractivity contribution in [2.75, 3.05) is 10.6 Å². The van der Waals surface area contributed by atoms with Crippen LogP contribution in [0.25, 0.3) is 0 Å². The molecule has 0 bridgehead atoms. The second kappa shape index (κ2) is 10.2. The predicted molar refractivity (Wildman–Crippen MR) is 154 cm³/mol. The van der Waals surface area contributed by atoms with E-state index in [1.807, 2.05) is 64.1 Å². The molecule has 0 saturated carbocycles. The second-order valence-corrected chi connectivity index (χ2v) is 11.7. The molecule has 2 aliphatic carbocycles. The Morgan fingerprint density at radius 3 is 1.45 bits per heavy atom. The highest BCUT2D eigenvalue weighted by Crippen LogP contribution is 2.29. The fourth-order valence-corrected chi connectivity index (χ4v) is 5.63. The van der Waals surface area contributed by atoms with E-state index in [1.54, 1.807) is 0 Å². The van der Waals surface area contributed by atoms with Gasteiger partial charge in [-0.15, -0.1) is 0 Å². The third kappa shape index (κ3) is 5.69. The van der Waals surface area contributed by atoms with Gasteiger partial charge in [0, 0.05) is 11.4 Å². The number of hydrogen-bond acceptors (Lipinski definition) is 2. The molecule has 4 N–H and O–H groups in total. The van der Waals surface area contributed by atoms with Gasteiger partial charge in [0.1, 0.15) is 0 Å². The fourth-order valence-electron chi connectivity index (χ4n) is 5.63. The van der Waals surface area contributed by atoms with Crippen molar-refractivity contribution in [3.8, 4) is 0 Å². The number of carbonyl (C=O) groups excluding carboxylic acids is 2. The van der Waals surface area contributed by atoms with Gasteiger partial charge in [-0.05, 0) is 124 Å². The number of rotatable bonds is 6. The van der Waals surface area contributed by atoms with E-state index in [0.29, 0.717) is 0 Å². The predicted octanol–water partition coefficient (Wildman–Crippen LogP) is 6.78. The normalized spacial score (nSPS) is 14.4. The zero-order valence-corrected chi connectivity index (χ0v) is 22.8. The molecule has 0 heterocycles. The number of carbonyl (C=O) groups is 2. The number of hydrogen-bond donors (Lipinski definition) is 4. The van der Waals surface area contributed by atoms with Crippen LogP contribution in [0.1, 0.15) is 73.9 Å². The Labute approximate surface area is 225 Å². The molecule has 3 aromatic rings. The lowest BCUT2D eigenvalue weighted by Gasteiger charge is -2.31. The van der Waals surface area contributed by atoms with E-state index < -0.39 is 11.1 Å². The first-order valence-corrected chi connectivity index (χ1v) is 13.6. The zero-order valence-electron chi connectivity index (χ0n) is 22.8. The summed E-state index contributed by atoms with van der Waals surface area (Å²) in [6, 6.07) is 19.9. The van der Waals surface area contributed by atoms with Crippen LogP contribution in [-0.4, -0.2) is 12.1 Å². The molecule has 5 rings (SSSR count). The van der Waals surface area contributed by atoms with Gasteiger partial charge in [-0.25, -0.2) is 9.59 Å². The third-order valence-electron chi connectivity index (χ3n) is 7.87. The Kier molecular flexibility index (Phi) is 6.91. The lowest BCUT2D eigenvalue weighted by Crippen LogP contribution is -2.45. The molecule has 0 atom stereocenters. The smallest absolute Gasteiger partial charge is 0.319 e. The average Bonchev–Trinajstić information content (AvgIpc) is 3.52. The standard InChI is InChI=1S/C32H38N4O2/c1-31(2,35-29(37)33-27-16-14-21-8-5-10-23(21)18-27)25-12-7-13-26(20-25)32(3,4)36-30(38)34-28-17-15-22-9-6-11-24(22)19-28/h7,12-20H,5-6,8-11H2,1-4H3,(H2,33,35,37)(H2,34,36,38). The van der Waals surface area contributed by atoms with Gasteiger partial charge >= 0.3 is 12.1 Å². The van der Waals surface area contributed by atoms with Crippen LogP contribution in [0.2, 0.25) is 0 Å². The van der Waals surface area contributed by atoms with Crippen molar-refractivity contribution in [3.05, 3.63) is 94.0 Å². The summed E-state index contributed by atoms with van der Waals surface area (Å²) in [7, 11) is 0. The molecule has 0 unspecified atom stereocenters. The highest BCUT2D eigenvalue weighted by Gasteiger charge is 2.28. The van der Waals surface area contributed by atoms with Crippen molar-refractivity contribution in [1.82, 2.24) is 10.6 Å². The summed E-state index contributed by atoms with van der Waals surface area (Å²) in [4.78, 5) is 25.8. The summed E-state index contributed by atoms with van der Waals surface area (Å²) < 4.78 is 0. The molecule has 0 aromatic heterocycles. The molecular formula is C32H38N4O2. The molecule has 0 aliphatic heterocycles. The van der Waals surface area contributed by atoms with Gasteiger partial charge < -0.3 is 21.3 Å². The van der Waals surface area contributed by atoms with Crippen molar-refractivity contribution in [1.29, 1.82) is 0 Å². The van der Waals surface area contributed by atoms with Gasteiger partial charge in [0.2, 0.25) is 0 Å². The van der Waals surface area contributed by atoms with Crippen molar-refractivity contribution in [2.24, 2.45) is 0 Å². The minimum absolute atomic E-state index is 0.246. The maximum atomic E-state index is 12.9. The van der Waals surface area contributed by atoms with Crippen molar-refractivity contribution in [3.63, 3.8) is 0 Å². The van der Waals surface area contributed by atoms with Crippen LogP contribution in [0.3, 0.4) is 0 Å². The molecule has 3 aromatic carbocycles. The van der Waals surface area contributed by atoms with Crippen LogP contribution in [0.15, 0.2) is 60.7 Å². The monoisotopic (exact) mass is 510 g/mol. The minimum Gasteiger partial charge on any atom is -0.329 e. The van der Waals surface area contributed by atoms with Crippen molar-refractivity contribution in [2.45, 2.75) is 77.3 Å². The molecule has 0 spiro atoms. The Bertz CT molecular complexity index is 1270. The van der Waals surface area contributed by atoms with E-state index in [2.05, 4.69) is 45.5 Å². The van der Waals surface area contributed by atoms with Crippen LogP contribution >= 0.6 is 0 Å². The minimum atomic E-state index is -0.625. The first kappa shape index (κ1) is 25.8. The summed E-state index contributed by atoms with van der Waals surface area (Å²) >= 11 is 0. The van der Waals surface area contributed by atoms with Crippen LogP contribution in [0, 0.1) is 0 Å². The fraction of sp³-hybridized carbons (Fsp3) is 0.375. The quantitative estimate of drug-likeness (QED) is 0.295. The summed E-state index contributed by atoms with van der Waals surface area (Å²) in [5.41, 5.74) is 7.69. The van der Waals surface area contributed by atoms with Crippen LogP contribution < -0.4 is 21.3 Å². The van der Waals surface area contributed by atoms with E-state index in [4.69, 9.17) is 0 Å². The highest BCUT2D eigenvalue weighted by atomic mass is 16.2. The Morgan fingerprint density at radius 1 is 0.579 bits per heavy atom. The van der Waals surface area contributed by atoms with Crippen molar-refractivity contribution >= 4 is 23.4 Å². The first-order chi connectivity index (χ1) is 18.1. The van der Waals surface area contributed by atoms with Crippen LogP contribution in [0.4, 0.5) is 21.0 Å². The summed E-state index contributed by atoms with van der Waals surface area (Å²) in [5, 5.41) is 12.2. The van der Waals surface area contributed by atoms with Gasteiger partial charge in [0.15, 0.2) is 0 Å². The van der Waals surface area contributed by atoms with E-state index in [9.17, 15) is 9.59 Å². The van der Waals surface area contributed by atoms with Crippen molar-refractivity contribution < 1.29 is 9.59 Å². The molecule has 6 heteroatoms. The molecule has 198 valence electrons. The topological polar surface area (TPSA) is 82.3 Å². The van der Waals surface area contributed by atoms with E-state index >= 15 is 0 Å². The van der Waals surface area contributed by atoms with Gasteiger partial charge in [-0.1, -0.05) is 36.4 Å². The molecule has 6 nitrogen and oxygen atoms in total. The zero-order chi connectivity index (χ0) is 26.9. The molecule has 4 amide bonds. The van der Waals surface area contributed by atoms with Gasteiger partial charge in [0.05, 0.1) is 11.1 Å². The first-order valence-electron chi connectivity index (χ1n) is 13.6. The third-order valence-corrected chi connectivity index (χ3v) is 7.87. The lowest BCUT2D eigenvalue weighted by atomic mass is 9.87. The summed E-state index contributed by atoms with van der Waals surface area (Å²) in [6.07, 6.45) is 6.72. The van der Waals surface area contributed by atoms with Crippen LogP contribution in [0.5, 0.6) is 0 Å². The Balaban J connectivity index is 1.23. The molecule has 2 aliphatic rings. The number of fused-ring (bicyclic) bond motifs is 2. The largest absolute Gasteiger partial charge is 0.329 e. The number of anilines is 2. The number of nitrogens with one attached hydrogen (secondary N) is 4. The number of urea groups is 2. The average molecular weight is 511 g/mol. The molecule has 0 saturated heterocycles. The maximum absolute atomic E-state index is 12.9. The maximum Gasteiger partial charge on any atom is 0.319 e. The molecule has 0 radical (unpaired) electrons. The number of benzene rings is 3. The summed E-state index contributed by atoms with van der Waals surface area (Å²) in [6.45, 7) is 7.93. The lowest BCUT2D eigenvalue weighted by molar-refractivity contribution is 0.241. The van der Waals surface area contributed by atoms with E-state index in [0.717, 1.165) is 48.2 Å². The van der Waals surface area contributed by atoms with Crippen LogP contribution in [-0.2, 0) is 36.8 Å². The summed E-state index contributed by atoms with van der Waals surface area (Å²) in [5.74, 6) is 0. The van der Waals surface area contributed by atoms with Gasteiger partial charge in [-0.3, -0.25) is 0 Å². The number of aryl methyl sites for hydroxylation is 4. The molecule has 0 fully saturated rings. The Morgan fingerprint density at radius 2 is 1.00 bits per heavy atom. The van der Waals surface area contributed by atoms with Gasteiger partial charge in [-0.2, -0.15) is 0 Å². The second-order valence-electron chi connectivity index (χ2n) is 11.7. The van der Waals surface area contributed by atoms with E-state index in [-0.39, 0.29) is 12.1 Å². The van der Waals surface area contributed by atoms with Gasteiger partial charge in [0.25, 0.3) is 0 Å². The van der Waals surface area contributed by atoms with E-state index in [1.165, 1.54) is 35.1 Å².